The number of aryl methyl sites for hydroxylation is 2. The smallest absolute Gasteiger partial charge is 0.345 e. The zero-order chi connectivity index (χ0) is 29.1. The number of carbonyl (C=O) groups is 1. The molecule has 4 nitrogen and oxygen atoms in total. The molecule has 6 rings (SSSR count). The van der Waals surface area contributed by atoms with Gasteiger partial charge in [0.05, 0.1) is 0 Å². The molecule has 1 atom stereocenters. The highest BCUT2D eigenvalue weighted by molar-refractivity contribution is 5.96. The molecule has 0 aliphatic heterocycles. The Balaban J connectivity index is 1.28. The van der Waals surface area contributed by atoms with Crippen molar-refractivity contribution in [3.8, 4) is 28.0 Å². The average molecular weight is 553 g/mol. The van der Waals surface area contributed by atoms with Gasteiger partial charge in [-0.25, -0.2) is 4.79 Å². The summed E-state index contributed by atoms with van der Waals surface area (Å²) < 4.78 is 12.4. The summed E-state index contributed by atoms with van der Waals surface area (Å²) in [6.07, 6.45) is 0.0474. The molecular formula is C38H32O4. The summed E-state index contributed by atoms with van der Waals surface area (Å²) >= 11 is 0. The topological polar surface area (TPSA) is 59.7 Å². The lowest BCUT2D eigenvalue weighted by Gasteiger charge is -2.20. The fraction of sp³-hybridized carbons (Fsp3) is 0.132. The molecule has 0 aliphatic carbocycles. The third kappa shape index (κ3) is 5.70. The normalized spacial score (nSPS) is 11.9. The fourth-order valence-corrected chi connectivity index (χ4v) is 5.60. The second-order valence-corrected chi connectivity index (χ2v) is 10.7. The van der Waals surface area contributed by atoms with Gasteiger partial charge in [0.1, 0.15) is 17.1 Å². The molecule has 0 unspecified atom stereocenters. The lowest BCUT2D eigenvalue weighted by molar-refractivity contribution is -0.145. The van der Waals surface area contributed by atoms with Crippen molar-refractivity contribution < 1.29 is 19.1 Å². The number of benzene rings is 5. The van der Waals surface area contributed by atoms with Crippen molar-refractivity contribution in [3.05, 3.63) is 149 Å². The molecule has 0 radical (unpaired) electrons. The number of ether oxygens (including phenoxy) is 1. The summed E-state index contributed by atoms with van der Waals surface area (Å²) in [5.41, 5.74) is 9.18. The molecule has 0 fully saturated rings. The monoisotopic (exact) mass is 552 g/mol. The summed E-state index contributed by atoms with van der Waals surface area (Å²) in [5, 5.41) is 11.0. The second-order valence-electron chi connectivity index (χ2n) is 10.7. The highest BCUT2D eigenvalue weighted by Crippen LogP contribution is 2.38. The Morgan fingerprint density at radius 3 is 1.93 bits per heavy atom. The number of hydrogen-bond acceptors (Lipinski definition) is 3. The van der Waals surface area contributed by atoms with E-state index in [-0.39, 0.29) is 0 Å². The molecule has 0 spiro atoms. The predicted octanol–water partition coefficient (Wildman–Crippen LogP) is 9.05. The van der Waals surface area contributed by atoms with Gasteiger partial charge in [-0.05, 0) is 71.0 Å². The minimum Gasteiger partial charge on any atom is -0.478 e. The molecule has 0 amide bonds. The first-order valence-corrected chi connectivity index (χ1v) is 14.2. The second kappa shape index (κ2) is 11.8. The van der Waals surface area contributed by atoms with Crippen molar-refractivity contribution in [2.75, 3.05) is 0 Å². The van der Waals surface area contributed by atoms with Gasteiger partial charge in [0.2, 0.25) is 0 Å². The number of carboxylic acid groups (broad SMARTS) is 1. The SMILES string of the molecule is Cc1cc(-c2ccc(-c3c(Cc4ccccc4)oc4ccccc34)cc2)cc(C)c1O[C@@H](Cc1ccccc1)C(=O)O. The Morgan fingerprint density at radius 2 is 1.29 bits per heavy atom. The van der Waals surface area contributed by atoms with Crippen molar-refractivity contribution in [1.82, 2.24) is 0 Å². The van der Waals surface area contributed by atoms with Crippen molar-refractivity contribution in [2.24, 2.45) is 0 Å². The van der Waals surface area contributed by atoms with Gasteiger partial charge < -0.3 is 14.3 Å². The van der Waals surface area contributed by atoms with Crippen molar-refractivity contribution >= 4 is 16.9 Å². The minimum absolute atomic E-state index is 0.299. The Labute approximate surface area is 245 Å². The van der Waals surface area contributed by atoms with E-state index >= 15 is 0 Å². The third-order valence-corrected chi connectivity index (χ3v) is 7.64. The zero-order valence-electron chi connectivity index (χ0n) is 23.7. The first-order valence-electron chi connectivity index (χ1n) is 14.2. The van der Waals surface area contributed by atoms with Gasteiger partial charge in [-0.1, -0.05) is 103 Å². The molecule has 1 heterocycles. The van der Waals surface area contributed by atoms with E-state index in [1.54, 1.807) is 0 Å². The zero-order valence-corrected chi connectivity index (χ0v) is 23.7. The van der Waals surface area contributed by atoms with Gasteiger partial charge in [0, 0.05) is 23.8 Å². The van der Waals surface area contributed by atoms with Crippen LogP contribution in [-0.4, -0.2) is 17.2 Å². The summed E-state index contributed by atoms with van der Waals surface area (Å²) in [7, 11) is 0. The van der Waals surface area contributed by atoms with Gasteiger partial charge >= 0.3 is 5.97 Å². The van der Waals surface area contributed by atoms with Crippen LogP contribution in [0.3, 0.4) is 0 Å². The lowest BCUT2D eigenvalue weighted by atomic mass is 9.95. The van der Waals surface area contributed by atoms with Crippen LogP contribution < -0.4 is 4.74 Å². The highest BCUT2D eigenvalue weighted by atomic mass is 16.5. The van der Waals surface area contributed by atoms with Crippen LogP contribution in [0.4, 0.5) is 0 Å². The summed E-state index contributed by atoms with van der Waals surface area (Å²) in [4.78, 5) is 12.0. The van der Waals surface area contributed by atoms with Gasteiger partial charge in [-0.2, -0.15) is 0 Å². The van der Waals surface area contributed by atoms with Crippen LogP contribution in [0, 0.1) is 13.8 Å². The number of para-hydroxylation sites is 1. The quantitative estimate of drug-likeness (QED) is 0.194. The molecule has 42 heavy (non-hydrogen) atoms. The van der Waals surface area contributed by atoms with Crippen molar-refractivity contribution in [1.29, 1.82) is 0 Å². The number of hydrogen-bond donors (Lipinski definition) is 1. The molecule has 6 aromatic rings. The van der Waals surface area contributed by atoms with E-state index < -0.39 is 12.1 Å². The van der Waals surface area contributed by atoms with E-state index in [9.17, 15) is 9.90 Å². The van der Waals surface area contributed by atoms with Gasteiger partial charge in [0.25, 0.3) is 0 Å². The summed E-state index contributed by atoms with van der Waals surface area (Å²) in [6, 6.07) is 40.8. The van der Waals surface area contributed by atoms with Crippen LogP contribution in [0.1, 0.15) is 28.0 Å². The fourth-order valence-electron chi connectivity index (χ4n) is 5.60. The maximum absolute atomic E-state index is 12.0. The van der Waals surface area contributed by atoms with Gasteiger partial charge in [-0.15, -0.1) is 0 Å². The first kappa shape index (κ1) is 27.1. The Hall–Kier alpha value is -5.09. The Morgan fingerprint density at radius 1 is 0.714 bits per heavy atom. The average Bonchev–Trinajstić information content (AvgIpc) is 3.37. The van der Waals surface area contributed by atoms with Crippen LogP contribution in [-0.2, 0) is 17.6 Å². The van der Waals surface area contributed by atoms with Gasteiger partial charge in [0.15, 0.2) is 6.10 Å². The van der Waals surface area contributed by atoms with Crippen LogP contribution in [0.15, 0.2) is 126 Å². The Bertz CT molecular complexity index is 1810. The minimum atomic E-state index is -0.976. The standard InChI is InChI=1S/C38H32O4/c1-25-21-31(22-26(2)37(25)42-35(38(39)40)24-28-13-7-4-8-14-28)29-17-19-30(20-18-29)36-32-15-9-10-16-33(32)41-34(36)23-27-11-5-3-6-12-27/h3-22,35H,23-24H2,1-2H3,(H,39,40)/t35-/m0/s1. The molecule has 0 aliphatic rings. The van der Waals surface area contributed by atoms with E-state index in [2.05, 4.69) is 66.7 Å². The molecule has 5 aromatic carbocycles. The summed E-state index contributed by atoms with van der Waals surface area (Å²) in [6.45, 7) is 3.93. The molecule has 0 saturated carbocycles. The molecular weight excluding hydrogens is 520 g/mol. The van der Waals surface area contributed by atoms with E-state index in [1.807, 2.05) is 68.4 Å². The lowest BCUT2D eigenvalue weighted by Crippen LogP contribution is -2.30. The molecule has 0 saturated heterocycles. The first-order chi connectivity index (χ1) is 20.5. The molecule has 1 aromatic heterocycles. The maximum atomic E-state index is 12.0. The largest absolute Gasteiger partial charge is 0.478 e. The number of fused-ring (bicyclic) bond motifs is 1. The maximum Gasteiger partial charge on any atom is 0.345 e. The number of aliphatic carboxylic acids is 1. The van der Waals surface area contributed by atoms with Crippen molar-refractivity contribution in [3.63, 3.8) is 0 Å². The molecule has 1 N–H and O–H groups in total. The van der Waals surface area contributed by atoms with E-state index in [1.165, 1.54) is 5.56 Å². The predicted molar refractivity (Wildman–Crippen MR) is 168 cm³/mol. The molecule has 0 bridgehead atoms. The third-order valence-electron chi connectivity index (χ3n) is 7.64. The van der Waals surface area contributed by atoms with E-state index in [0.717, 1.165) is 55.7 Å². The Kier molecular flexibility index (Phi) is 7.61. The number of carboxylic acids is 1. The van der Waals surface area contributed by atoms with Crippen LogP contribution >= 0.6 is 0 Å². The van der Waals surface area contributed by atoms with Gasteiger partial charge in [-0.3, -0.25) is 0 Å². The molecule has 4 heteroatoms. The molecule has 208 valence electrons. The number of rotatable bonds is 9. The highest BCUT2D eigenvalue weighted by Gasteiger charge is 2.22. The van der Waals surface area contributed by atoms with E-state index in [0.29, 0.717) is 18.6 Å². The van der Waals surface area contributed by atoms with Crippen LogP contribution in [0.5, 0.6) is 5.75 Å². The van der Waals surface area contributed by atoms with Crippen molar-refractivity contribution in [2.45, 2.75) is 32.8 Å². The summed E-state index contributed by atoms with van der Waals surface area (Å²) in [5.74, 6) is 0.594. The van der Waals surface area contributed by atoms with Crippen LogP contribution in [0.2, 0.25) is 0 Å². The number of furan rings is 1. The van der Waals surface area contributed by atoms with Crippen LogP contribution in [0.25, 0.3) is 33.2 Å². The van der Waals surface area contributed by atoms with E-state index in [4.69, 9.17) is 9.15 Å².